The Morgan fingerprint density at radius 2 is 1.81 bits per heavy atom. The summed E-state index contributed by atoms with van der Waals surface area (Å²) >= 11 is 2.10. The predicted octanol–water partition coefficient (Wildman–Crippen LogP) is 2.19. The summed E-state index contributed by atoms with van der Waals surface area (Å²) in [5, 5.41) is 22.9. The molecule has 11 heteroatoms. The Hall–Kier alpha value is -2.70. The molecule has 4 N–H and O–H groups in total. The monoisotopic (exact) mass is 552 g/mol. The molecule has 10 nitrogen and oxygen atoms in total. The summed E-state index contributed by atoms with van der Waals surface area (Å²) in [6.45, 7) is 1.51. The second kappa shape index (κ2) is 13.6. The van der Waals surface area contributed by atoms with Crippen LogP contribution in [0.3, 0.4) is 0 Å². The first-order valence-corrected chi connectivity index (χ1v) is 10.6. The van der Waals surface area contributed by atoms with Gasteiger partial charge in [0.05, 0.1) is 6.04 Å². The van der Waals surface area contributed by atoms with Gasteiger partial charge < -0.3 is 25.6 Å². The Bertz CT molecular complexity index is 814. The van der Waals surface area contributed by atoms with Crippen LogP contribution in [-0.4, -0.2) is 58.6 Å². The topological polar surface area (TPSA) is 159 Å². The van der Waals surface area contributed by atoms with Gasteiger partial charge in [-0.1, -0.05) is 6.07 Å². The van der Waals surface area contributed by atoms with E-state index in [2.05, 4.69) is 33.2 Å². The molecule has 0 unspecified atom stereocenters. The van der Waals surface area contributed by atoms with Crippen molar-refractivity contribution in [2.75, 3.05) is 6.54 Å². The number of ketones is 1. The van der Waals surface area contributed by atoms with Crippen molar-refractivity contribution < 1.29 is 38.9 Å². The van der Waals surface area contributed by atoms with Gasteiger partial charge in [-0.25, -0.2) is 9.59 Å². The molecule has 0 saturated heterocycles. The third-order valence-corrected chi connectivity index (χ3v) is 4.89. The second-order valence-corrected chi connectivity index (χ2v) is 7.98. The average Bonchev–Trinajstić information content (AvgIpc) is 2.69. The number of carboxylic acid groups (broad SMARTS) is 2. The van der Waals surface area contributed by atoms with Crippen molar-refractivity contribution in [2.45, 2.75) is 51.2 Å². The lowest BCUT2D eigenvalue weighted by atomic mass is 10.1. The molecular weight excluding hydrogens is 527 g/mol. The van der Waals surface area contributed by atoms with Crippen molar-refractivity contribution in [2.24, 2.45) is 0 Å². The van der Waals surface area contributed by atoms with E-state index in [1.54, 1.807) is 18.2 Å². The molecule has 0 aromatic heterocycles. The van der Waals surface area contributed by atoms with Crippen LogP contribution in [0.25, 0.3) is 0 Å². The Balaban J connectivity index is 2.42. The van der Waals surface area contributed by atoms with Gasteiger partial charge in [0, 0.05) is 22.1 Å². The maximum Gasteiger partial charge on any atom is 0.408 e. The van der Waals surface area contributed by atoms with E-state index in [1.807, 2.05) is 6.07 Å². The van der Waals surface area contributed by atoms with E-state index in [0.717, 1.165) is 3.57 Å². The van der Waals surface area contributed by atoms with Crippen molar-refractivity contribution >= 4 is 52.3 Å². The number of Topliss-reactive ketones (excluding diaryl/α,β-unsaturated/α-hetero) is 1. The van der Waals surface area contributed by atoms with Crippen molar-refractivity contribution in [1.29, 1.82) is 0 Å². The van der Waals surface area contributed by atoms with Gasteiger partial charge in [0.25, 0.3) is 5.91 Å². The molecule has 1 rings (SSSR count). The van der Waals surface area contributed by atoms with Crippen LogP contribution in [0.4, 0.5) is 4.79 Å². The standard InChI is InChI=1S/C20H25IN2O8/c1-12(24)15(8-9-17(25)26)23-20(30)31-16(19(28)29)7-2-3-10-22-18(27)13-5-4-6-14(21)11-13/h4-6,11,15-16H,2-3,7-10H2,1H3,(H,22,27)(H,23,30)(H,25,26)(H,28,29)/t15-,16-/m0/s1/i21+4. The molecule has 0 aliphatic rings. The average molecular weight is 552 g/mol. The zero-order valence-electron chi connectivity index (χ0n) is 16.9. The number of aliphatic carboxylic acids is 2. The van der Waals surface area contributed by atoms with Crippen LogP contribution < -0.4 is 10.6 Å². The van der Waals surface area contributed by atoms with E-state index < -0.39 is 36.0 Å². The molecule has 0 fully saturated rings. The lowest BCUT2D eigenvalue weighted by Gasteiger charge is -2.18. The molecule has 1 aromatic carbocycles. The normalized spacial score (nSPS) is 12.3. The van der Waals surface area contributed by atoms with Gasteiger partial charge >= 0.3 is 18.0 Å². The quantitative estimate of drug-likeness (QED) is 0.214. The third kappa shape index (κ3) is 10.8. The SMILES string of the molecule is CC(=O)[C@H](CCC(=O)O)NC(=O)O[C@@H](CCCCNC(=O)c1cccc([131I])c1)C(=O)O. The summed E-state index contributed by atoms with van der Waals surface area (Å²) in [5.74, 6) is -3.17. The minimum atomic E-state index is -1.43. The van der Waals surface area contributed by atoms with E-state index in [0.29, 0.717) is 24.9 Å². The highest BCUT2D eigenvalue weighted by Gasteiger charge is 2.25. The summed E-state index contributed by atoms with van der Waals surface area (Å²) < 4.78 is 5.80. The van der Waals surface area contributed by atoms with E-state index in [9.17, 15) is 29.1 Å². The van der Waals surface area contributed by atoms with Gasteiger partial charge in [-0.15, -0.1) is 0 Å². The molecule has 170 valence electrons. The van der Waals surface area contributed by atoms with Crippen molar-refractivity contribution in [3.8, 4) is 0 Å². The number of carboxylic acids is 2. The summed E-state index contributed by atoms with van der Waals surface area (Å²) in [6.07, 6.45) is -2.14. The summed E-state index contributed by atoms with van der Waals surface area (Å²) in [5.41, 5.74) is 0.526. The number of benzene rings is 1. The number of amides is 2. The molecule has 1 aromatic rings. The summed E-state index contributed by atoms with van der Waals surface area (Å²) in [6, 6.07) is 6.00. The molecule has 2 amide bonds. The highest BCUT2D eigenvalue weighted by Crippen LogP contribution is 2.09. The largest absolute Gasteiger partial charge is 0.481 e. The maximum atomic E-state index is 12.1. The van der Waals surface area contributed by atoms with E-state index in [-0.39, 0.29) is 25.2 Å². The highest BCUT2D eigenvalue weighted by molar-refractivity contribution is 14.1. The Morgan fingerprint density at radius 3 is 2.39 bits per heavy atom. The van der Waals surface area contributed by atoms with Gasteiger partial charge in [0.2, 0.25) is 6.10 Å². The van der Waals surface area contributed by atoms with E-state index >= 15 is 0 Å². The van der Waals surface area contributed by atoms with Gasteiger partial charge in [-0.3, -0.25) is 14.4 Å². The minimum Gasteiger partial charge on any atom is -0.481 e. The van der Waals surface area contributed by atoms with Crippen LogP contribution in [0.15, 0.2) is 24.3 Å². The Morgan fingerprint density at radius 1 is 1.10 bits per heavy atom. The summed E-state index contributed by atoms with van der Waals surface area (Å²) in [4.78, 5) is 57.5. The molecule has 31 heavy (non-hydrogen) atoms. The second-order valence-electron chi connectivity index (χ2n) is 6.73. The number of hydrogen-bond acceptors (Lipinski definition) is 6. The molecular formula is C20H25IN2O8. The van der Waals surface area contributed by atoms with Crippen LogP contribution >= 0.6 is 22.6 Å². The maximum absolute atomic E-state index is 12.1. The number of halogens is 1. The molecule has 0 heterocycles. The van der Waals surface area contributed by atoms with Gasteiger partial charge in [-0.2, -0.15) is 0 Å². The highest BCUT2D eigenvalue weighted by atomic mass is 131. The number of carbonyl (C=O) groups is 5. The minimum absolute atomic E-state index is 0.0156. The lowest BCUT2D eigenvalue weighted by Crippen LogP contribution is -2.42. The van der Waals surface area contributed by atoms with Crippen molar-refractivity contribution in [1.82, 2.24) is 10.6 Å². The van der Waals surface area contributed by atoms with Crippen LogP contribution in [0.1, 0.15) is 49.4 Å². The number of ether oxygens (including phenoxy) is 1. The molecule has 0 spiro atoms. The fraction of sp³-hybridized carbons (Fsp3) is 0.450. The zero-order chi connectivity index (χ0) is 23.4. The first-order valence-electron chi connectivity index (χ1n) is 9.56. The third-order valence-electron chi connectivity index (χ3n) is 4.22. The van der Waals surface area contributed by atoms with Crippen LogP contribution in [-0.2, 0) is 19.1 Å². The van der Waals surface area contributed by atoms with E-state index in [1.165, 1.54) is 6.92 Å². The Kier molecular flexibility index (Phi) is 11.5. The Labute approximate surface area is 192 Å². The molecule has 0 aliphatic heterocycles. The number of alkyl carbamates (subject to hydrolysis) is 1. The molecule has 0 radical (unpaired) electrons. The fourth-order valence-electron chi connectivity index (χ4n) is 2.57. The number of unbranched alkanes of at least 4 members (excludes halogenated alkanes) is 1. The molecule has 2 atom stereocenters. The fourth-order valence-corrected chi connectivity index (χ4v) is 3.11. The predicted molar refractivity (Wildman–Crippen MR) is 118 cm³/mol. The van der Waals surface area contributed by atoms with Gasteiger partial charge in [0.1, 0.15) is 0 Å². The lowest BCUT2D eigenvalue weighted by molar-refractivity contribution is -0.147. The number of hydrogen-bond donors (Lipinski definition) is 4. The molecule has 0 aliphatic carbocycles. The molecule has 0 bridgehead atoms. The smallest absolute Gasteiger partial charge is 0.408 e. The van der Waals surface area contributed by atoms with Gasteiger partial charge in [0.15, 0.2) is 5.78 Å². The zero-order valence-corrected chi connectivity index (χ0v) is 19.1. The first-order chi connectivity index (χ1) is 14.6. The molecule has 0 saturated carbocycles. The summed E-state index contributed by atoms with van der Waals surface area (Å²) in [7, 11) is 0. The van der Waals surface area contributed by atoms with E-state index in [4.69, 9.17) is 9.84 Å². The first kappa shape index (κ1) is 26.3. The van der Waals surface area contributed by atoms with Gasteiger partial charge in [-0.05, 0) is 73.4 Å². The number of rotatable bonds is 13. The van der Waals surface area contributed by atoms with Crippen molar-refractivity contribution in [3.63, 3.8) is 0 Å². The van der Waals surface area contributed by atoms with Crippen molar-refractivity contribution in [3.05, 3.63) is 33.4 Å². The number of carbonyl (C=O) groups excluding carboxylic acids is 3. The van der Waals surface area contributed by atoms with Crippen LogP contribution in [0, 0.1) is 3.57 Å². The number of nitrogens with one attached hydrogen (secondary N) is 2. The van der Waals surface area contributed by atoms with Crippen LogP contribution in [0.5, 0.6) is 0 Å². The van der Waals surface area contributed by atoms with Crippen LogP contribution in [0.2, 0.25) is 0 Å².